The van der Waals surface area contributed by atoms with Crippen molar-refractivity contribution in [3.63, 3.8) is 0 Å². The van der Waals surface area contributed by atoms with Crippen LogP contribution in [0.25, 0.3) is 5.57 Å². The number of hydrogen-bond acceptors (Lipinski definition) is 2. The topological polar surface area (TPSA) is 54.4 Å². The number of rotatable bonds is 7. The van der Waals surface area contributed by atoms with Gasteiger partial charge in [-0.15, -0.1) is 0 Å². The van der Waals surface area contributed by atoms with Gasteiger partial charge in [0.05, 0.1) is 13.3 Å². The van der Waals surface area contributed by atoms with Gasteiger partial charge in [0.25, 0.3) is 10.1 Å². The van der Waals surface area contributed by atoms with Crippen LogP contribution in [0.1, 0.15) is 61.0 Å². The Morgan fingerprint density at radius 1 is 0.960 bits per heavy atom. The van der Waals surface area contributed by atoms with Gasteiger partial charge >= 0.3 is 0 Å². The molecule has 1 aromatic carbocycles. The zero-order valence-electron chi connectivity index (χ0n) is 16.9. The molecule has 0 aliphatic carbocycles. The molecular weight excluding hydrogens is 348 g/mol. The van der Waals surface area contributed by atoms with E-state index in [1.54, 1.807) is 0 Å². The molecule has 3 nitrogen and oxygen atoms in total. The molecule has 0 fully saturated rings. The zero-order chi connectivity index (χ0) is 19.6. The molecule has 1 rings (SSSR count). The summed E-state index contributed by atoms with van der Waals surface area (Å²) in [7, 11) is -6.22. The first kappa shape index (κ1) is 22.1. The molecule has 0 aliphatic rings. The number of hydrogen-bond donors (Lipinski definition) is 1. The van der Waals surface area contributed by atoms with Gasteiger partial charge in [-0.1, -0.05) is 85.7 Å². The summed E-state index contributed by atoms with van der Waals surface area (Å²) in [5, 5.41) is 0. The van der Waals surface area contributed by atoms with Gasteiger partial charge in [0.1, 0.15) is 0 Å². The number of benzene rings is 1. The van der Waals surface area contributed by atoms with Crippen molar-refractivity contribution >= 4 is 24.5 Å². The van der Waals surface area contributed by atoms with Crippen LogP contribution in [-0.2, 0) is 10.1 Å². The monoisotopic (exact) mass is 382 g/mol. The van der Waals surface area contributed by atoms with Crippen LogP contribution >= 0.6 is 0 Å². The van der Waals surface area contributed by atoms with Crippen molar-refractivity contribution in [3.05, 3.63) is 40.4 Å². The second-order valence-electron chi connectivity index (χ2n) is 8.47. The maximum atomic E-state index is 12.6. The molecule has 0 amide bonds. The highest BCUT2D eigenvalue weighted by molar-refractivity contribution is 7.92. The Bertz CT molecular complexity index is 694. The largest absolute Gasteiger partial charge is 0.286 e. The van der Waals surface area contributed by atoms with Gasteiger partial charge in [-0.2, -0.15) is 8.42 Å². The van der Waals surface area contributed by atoms with Crippen LogP contribution in [0.2, 0.25) is 11.1 Å². The van der Waals surface area contributed by atoms with Gasteiger partial charge in [0.2, 0.25) is 0 Å². The van der Waals surface area contributed by atoms with Crippen LogP contribution in [0.3, 0.4) is 0 Å². The predicted octanol–water partition coefficient (Wildman–Crippen LogP) is 5.55. The molecule has 0 aliphatic heterocycles. The lowest BCUT2D eigenvalue weighted by atomic mass is 9.73. The lowest BCUT2D eigenvalue weighted by Gasteiger charge is -2.37. The summed E-state index contributed by atoms with van der Waals surface area (Å²) in [5.74, 6) is 0.230. The molecule has 5 heteroatoms. The number of allylic oxidation sites excluding steroid dienone is 1. The third-order valence-electron chi connectivity index (χ3n) is 5.41. The van der Waals surface area contributed by atoms with Crippen molar-refractivity contribution in [1.82, 2.24) is 0 Å². The first-order chi connectivity index (χ1) is 11.3. The lowest BCUT2D eigenvalue weighted by molar-refractivity contribution is 0.348. The molecule has 0 radical (unpaired) electrons. The van der Waals surface area contributed by atoms with Gasteiger partial charge in [0, 0.05) is 0 Å². The lowest BCUT2D eigenvalue weighted by Crippen LogP contribution is -2.34. The molecule has 0 spiro atoms. The summed E-state index contributed by atoms with van der Waals surface area (Å²) >= 11 is 0. The Hall–Kier alpha value is -0.913. The van der Waals surface area contributed by atoms with Crippen molar-refractivity contribution in [2.75, 3.05) is 0 Å². The van der Waals surface area contributed by atoms with E-state index < -0.39 is 18.9 Å². The van der Waals surface area contributed by atoms with Crippen LogP contribution in [0.15, 0.2) is 34.9 Å². The van der Waals surface area contributed by atoms with Crippen LogP contribution in [0.4, 0.5) is 0 Å². The van der Waals surface area contributed by atoms with Gasteiger partial charge in [-0.3, -0.25) is 4.55 Å². The van der Waals surface area contributed by atoms with E-state index in [1.165, 1.54) is 0 Å². The minimum atomic E-state index is -4.28. The van der Waals surface area contributed by atoms with E-state index in [-0.39, 0.29) is 22.4 Å². The fraction of sp³-hybridized carbons (Fsp3) is 0.600. The second-order valence-corrected chi connectivity index (χ2v) is 14.6. The van der Waals surface area contributed by atoms with Crippen LogP contribution in [0, 0.1) is 11.3 Å². The van der Waals surface area contributed by atoms with E-state index in [1.807, 2.05) is 30.3 Å². The smallest absolute Gasteiger partial charge is 0.282 e. The maximum Gasteiger partial charge on any atom is 0.286 e. The highest BCUT2D eigenvalue weighted by Crippen LogP contribution is 2.46. The second kappa shape index (κ2) is 8.19. The summed E-state index contributed by atoms with van der Waals surface area (Å²) < 4.78 is 35.8. The summed E-state index contributed by atoms with van der Waals surface area (Å²) in [4.78, 5) is 0. The SMILES string of the molecule is CC(C)[SiH](C(=C(c1ccccc1)C(C)(C)C(C)C)S(=O)(=O)O)C(C)C. The van der Waals surface area contributed by atoms with E-state index in [0.717, 1.165) is 11.1 Å². The van der Waals surface area contributed by atoms with Crippen molar-refractivity contribution in [2.24, 2.45) is 11.3 Å². The third-order valence-corrected chi connectivity index (χ3v) is 11.7. The van der Waals surface area contributed by atoms with Crippen LogP contribution in [0.5, 0.6) is 0 Å². The van der Waals surface area contributed by atoms with Crippen LogP contribution in [-0.4, -0.2) is 21.8 Å². The van der Waals surface area contributed by atoms with Crippen LogP contribution < -0.4 is 0 Å². The third kappa shape index (κ3) is 5.05. The van der Waals surface area contributed by atoms with E-state index in [9.17, 15) is 13.0 Å². The van der Waals surface area contributed by atoms with Crippen molar-refractivity contribution in [3.8, 4) is 0 Å². The molecule has 1 aromatic rings. The molecular formula is C20H34O3SSi. The first-order valence-corrected chi connectivity index (χ1v) is 12.4. The molecule has 142 valence electrons. The minimum absolute atomic E-state index is 0.230. The molecule has 0 atom stereocenters. The molecule has 0 unspecified atom stereocenters. The average Bonchev–Trinajstić information content (AvgIpc) is 2.45. The fourth-order valence-corrected chi connectivity index (χ4v) is 10.8. The van der Waals surface area contributed by atoms with Gasteiger partial charge in [-0.05, 0) is 33.6 Å². The molecule has 0 bridgehead atoms. The van der Waals surface area contributed by atoms with Crippen molar-refractivity contribution in [2.45, 2.75) is 66.5 Å². The van der Waals surface area contributed by atoms with Gasteiger partial charge in [0.15, 0.2) is 0 Å². The average molecular weight is 383 g/mol. The Morgan fingerprint density at radius 3 is 1.72 bits per heavy atom. The molecule has 0 saturated carbocycles. The van der Waals surface area contributed by atoms with E-state index in [2.05, 4.69) is 55.4 Å². The van der Waals surface area contributed by atoms with Gasteiger partial charge in [-0.25, -0.2) is 0 Å². The summed E-state index contributed by atoms with van der Waals surface area (Å²) in [6.45, 7) is 16.7. The highest BCUT2D eigenvalue weighted by atomic mass is 32.2. The van der Waals surface area contributed by atoms with E-state index in [0.29, 0.717) is 4.53 Å². The Balaban J connectivity index is 4.03. The van der Waals surface area contributed by atoms with Gasteiger partial charge < -0.3 is 0 Å². The Kier molecular flexibility index (Phi) is 7.25. The standard InChI is InChI=1S/C20H34O3SSi/c1-14(2)20(7,8)18(17-12-10-9-11-13-17)19(24(21,22)23)25(15(3)4)16(5)6/h9-16,25H,1-8H3,(H,21,22,23). The normalized spacial score (nSPS) is 14.6. The van der Waals surface area contributed by atoms with E-state index >= 15 is 0 Å². The van der Waals surface area contributed by atoms with E-state index in [4.69, 9.17) is 0 Å². The highest BCUT2D eigenvalue weighted by Gasteiger charge is 2.40. The Labute approximate surface area is 155 Å². The first-order valence-electron chi connectivity index (χ1n) is 9.09. The molecule has 25 heavy (non-hydrogen) atoms. The molecule has 0 saturated heterocycles. The predicted molar refractivity (Wildman–Crippen MR) is 111 cm³/mol. The Morgan fingerprint density at radius 2 is 1.40 bits per heavy atom. The molecule has 1 N–H and O–H groups in total. The molecule has 0 aromatic heterocycles. The molecule has 0 heterocycles. The quantitative estimate of drug-likeness (QED) is 0.496. The fourth-order valence-electron chi connectivity index (χ4n) is 3.57. The summed E-state index contributed by atoms with van der Waals surface area (Å²) in [5.41, 5.74) is 1.79. The summed E-state index contributed by atoms with van der Waals surface area (Å²) in [6.07, 6.45) is 0. The zero-order valence-corrected chi connectivity index (χ0v) is 18.8. The summed E-state index contributed by atoms with van der Waals surface area (Å²) in [6, 6.07) is 9.69. The maximum absolute atomic E-state index is 12.6. The van der Waals surface area contributed by atoms with Crippen molar-refractivity contribution in [1.29, 1.82) is 0 Å². The minimum Gasteiger partial charge on any atom is -0.282 e. The van der Waals surface area contributed by atoms with Crippen molar-refractivity contribution < 1.29 is 13.0 Å².